The first-order valence-electron chi connectivity index (χ1n) is 6.97. The molecule has 0 radical (unpaired) electrons. The molecule has 0 bridgehead atoms. The molecule has 1 aromatic heterocycles. The van der Waals surface area contributed by atoms with Gasteiger partial charge in [-0.05, 0) is 44.5 Å². The quantitative estimate of drug-likeness (QED) is 0.912. The average Bonchev–Trinajstić information content (AvgIpc) is 2.83. The van der Waals surface area contributed by atoms with E-state index in [9.17, 15) is 0 Å². The largest absolute Gasteiger partial charge is 0.308 e. The van der Waals surface area contributed by atoms with Crippen LogP contribution in [-0.2, 0) is 13.0 Å². The maximum atomic E-state index is 4.41. The van der Waals surface area contributed by atoms with E-state index in [1.54, 1.807) is 0 Å². The lowest BCUT2D eigenvalue weighted by Crippen LogP contribution is -2.35. The molecule has 0 fully saturated rings. The van der Waals surface area contributed by atoms with Crippen molar-refractivity contribution >= 4 is 15.9 Å². The molecule has 0 saturated heterocycles. The lowest BCUT2D eigenvalue weighted by atomic mass is 10.1. The Kier molecular flexibility index (Phi) is 4.66. The van der Waals surface area contributed by atoms with E-state index in [0.717, 1.165) is 23.3 Å². The molecular formula is C16H22BrN3. The van der Waals surface area contributed by atoms with E-state index >= 15 is 0 Å². The number of hydrogen-bond donors (Lipinski definition) is 1. The first kappa shape index (κ1) is 15.3. The summed E-state index contributed by atoms with van der Waals surface area (Å²) in [7, 11) is 0. The molecule has 3 nitrogen and oxygen atoms in total. The van der Waals surface area contributed by atoms with Crippen molar-refractivity contribution in [1.82, 2.24) is 14.9 Å². The third-order valence-corrected chi connectivity index (χ3v) is 3.64. The van der Waals surface area contributed by atoms with Crippen LogP contribution in [0, 0.1) is 0 Å². The van der Waals surface area contributed by atoms with Gasteiger partial charge in [0.15, 0.2) is 0 Å². The number of benzene rings is 1. The topological polar surface area (TPSA) is 29.9 Å². The van der Waals surface area contributed by atoms with Crippen LogP contribution in [0.25, 0.3) is 5.69 Å². The van der Waals surface area contributed by atoms with Crippen LogP contribution >= 0.6 is 15.9 Å². The minimum Gasteiger partial charge on any atom is -0.308 e. The Labute approximate surface area is 129 Å². The highest BCUT2D eigenvalue weighted by molar-refractivity contribution is 9.10. The Bertz CT molecular complexity index is 582. The molecule has 4 heteroatoms. The zero-order valence-corrected chi connectivity index (χ0v) is 14.2. The molecular weight excluding hydrogens is 314 g/mol. The fraction of sp³-hybridized carbons (Fsp3) is 0.438. The summed E-state index contributed by atoms with van der Waals surface area (Å²) in [6, 6.07) is 6.40. The lowest BCUT2D eigenvalue weighted by Gasteiger charge is -2.22. The van der Waals surface area contributed by atoms with Gasteiger partial charge in [-0.1, -0.05) is 22.9 Å². The number of imidazole rings is 1. The van der Waals surface area contributed by atoms with Crippen molar-refractivity contribution in [2.45, 2.75) is 46.2 Å². The first-order valence-corrected chi connectivity index (χ1v) is 7.76. The number of rotatable bonds is 4. The molecule has 0 aliphatic heterocycles. The lowest BCUT2D eigenvalue weighted by molar-refractivity contribution is 0.424. The van der Waals surface area contributed by atoms with Gasteiger partial charge in [0.05, 0.1) is 5.69 Å². The summed E-state index contributed by atoms with van der Waals surface area (Å²) in [5, 5.41) is 3.55. The maximum Gasteiger partial charge on any atom is 0.112 e. The highest BCUT2D eigenvalue weighted by Gasteiger charge is 2.13. The predicted molar refractivity (Wildman–Crippen MR) is 87.2 cm³/mol. The predicted octanol–water partition coefficient (Wildman–Crippen LogP) is 4.09. The smallest absolute Gasteiger partial charge is 0.112 e. The van der Waals surface area contributed by atoms with Gasteiger partial charge in [0.1, 0.15) is 5.82 Å². The molecule has 1 N–H and O–H groups in total. The third-order valence-electron chi connectivity index (χ3n) is 3.14. The maximum absolute atomic E-state index is 4.41. The van der Waals surface area contributed by atoms with Crippen LogP contribution in [0.4, 0.5) is 0 Å². The summed E-state index contributed by atoms with van der Waals surface area (Å²) in [6.45, 7) is 9.50. The standard InChI is InChI=1S/C16H22BrN3/c1-5-15-18-8-9-20(15)14-7-6-13(17)10-12(14)11-19-16(2,3)4/h6-10,19H,5,11H2,1-4H3. The Morgan fingerprint density at radius 2 is 2.05 bits per heavy atom. The number of nitrogens with zero attached hydrogens (tertiary/aromatic N) is 2. The molecule has 0 amide bonds. The molecule has 1 aromatic carbocycles. The van der Waals surface area contributed by atoms with E-state index < -0.39 is 0 Å². The molecule has 20 heavy (non-hydrogen) atoms. The zero-order valence-electron chi connectivity index (χ0n) is 12.6. The summed E-state index contributed by atoms with van der Waals surface area (Å²) in [4.78, 5) is 4.41. The second-order valence-electron chi connectivity index (χ2n) is 5.94. The van der Waals surface area contributed by atoms with E-state index in [4.69, 9.17) is 0 Å². The second-order valence-corrected chi connectivity index (χ2v) is 6.86. The van der Waals surface area contributed by atoms with Crippen molar-refractivity contribution in [2.24, 2.45) is 0 Å². The van der Waals surface area contributed by atoms with Gasteiger partial charge in [0, 0.05) is 35.4 Å². The Morgan fingerprint density at radius 1 is 1.30 bits per heavy atom. The van der Waals surface area contributed by atoms with Gasteiger partial charge < -0.3 is 9.88 Å². The van der Waals surface area contributed by atoms with Gasteiger partial charge in [0.25, 0.3) is 0 Å². The number of nitrogens with one attached hydrogen (secondary N) is 1. The number of halogens is 1. The van der Waals surface area contributed by atoms with Crippen molar-refractivity contribution in [2.75, 3.05) is 0 Å². The minimum atomic E-state index is 0.0993. The SMILES string of the molecule is CCc1nccn1-c1ccc(Br)cc1CNC(C)(C)C. The Hall–Kier alpha value is -1.13. The fourth-order valence-corrected chi connectivity index (χ4v) is 2.51. The van der Waals surface area contributed by atoms with Crippen molar-refractivity contribution in [3.8, 4) is 5.69 Å². The van der Waals surface area contributed by atoms with E-state index in [2.05, 4.69) is 76.7 Å². The molecule has 0 unspecified atom stereocenters. The van der Waals surface area contributed by atoms with Crippen LogP contribution in [0.1, 0.15) is 39.1 Å². The summed E-state index contributed by atoms with van der Waals surface area (Å²) in [5.74, 6) is 1.09. The van der Waals surface area contributed by atoms with E-state index in [0.29, 0.717) is 0 Å². The summed E-state index contributed by atoms with van der Waals surface area (Å²) in [6.07, 6.45) is 4.82. The molecule has 0 spiro atoms. The van der Waals surface area contributed by atoms with Gasteiger partial charge in [-0.15, -0.1) is 0 Å². The minimum absolute atomic E-state index is 0.0993. The molecule has 0 aliphatic carbocycles. The molecule has 0 aliphatic rings. The normalized spacial score (nSPS) is 11.8. The second kappa shape index (κ2) is 6.10. The summed E-state index contributed by atoms with van der Waals surface area (Å²) < 4.78 is 3.27. The van der Waals surface area contributed by atoms with E-state index in [1.165, 1.54) is 11.3 Å². The van der Waals surface area contributed by atoms with Gasteiger partial charge in [-0.2, -0.15) is 0 Å². The molecule has 1 heterocycles. The van der Waals surface area contributed by atoms with E-state index in [-0.39, 0.29) is 5.54 Å². The summed E-state index contributed by atoms with van der Waals surface area (Å²) >= 11 is 3.56. The molecule has 2 rings (SSSR count). The van der Waals surface area contributed by atoms with Gasteiger partial charge in [-0.25, -0.2) is 4.98 Å². The van der Waals surface area contributed by atoms with Crippen LogP contribution in [0.5, 0.6) is 0 Å². The van der Waals surface area contributed by atoms with Crippen molar-refractivity contribution < 1.29 is 0 Å². The van der Waals surface area contributed by atoms with Gasteiger partial charge in [0.2, 0.25) is 0 Å². The highest BCUT2D eigenvalue weighted by Crippen LogP contribution is 2.22. The molecule has 2 aromatic rings. The van der Waals surface area contributed by atoms with E-state index in [1.807, 2.05) is 12.4 Å². The highest BCUT2D eigenvalue weighted by atomic mass is 79.9. The van der Waals surface area contributed by atoms with Crippen LogP contribution in [0.15, 0.2) is 35.1 Å². The first-order chi connectivity index (χ1) is 9.40. The molecule has 108 valence electrons. The van der Waals surface area contributed by atoms with Crippen LogP contribution < -0.4 is 5.32 Å². The third kappa shape index (κ3) is 3.70. The van der Waals surface area contributed by atoms with Crippen LogP contribution in [0.2, 0.25) is 0 Å². The van der Waals surface area contributed by atoms with Crippen LogP contribution in [0.3, 0.4) is 0 Å². The number of hydrogen-bond acceptors (Lipinski definition) is 2. The van der Waals surface area contributed by atoms with Gasteiger partial charge in [-0.3, -0.25) is 0 Å². The van der Waals surface area contributed by atoms with Crippen molar-refractivity contribution in [3.63, 3.8) is 0 Å². The number of aryl methyl sites for hydroxylation is 1. The van der Waals surface area contributed by atoms with Crippen molar-refractivity contribution in [1.29, 1.82) is 0 Å². The molecule has 0 atom stereocenters. The van der Waals surface area contributed by atoms with Crippen LogP contribution in [-0.4, -0.2) is 15.1 Å². The fourth-order valence-electron chi connectivity index (χ4n) is 2.11. The zero-order chi connectivity index (χ0) is 14.8. The average molecular weight is 336 g/mol. The Morgan fingerprint density at radius 3 is 2.70 bits per heavy atom. The monoisotopic (exact) mass is 335 g/mol. The summed E-state index contributed by atoms with van der Waals surface area (Å²) in [5.41, 5.74) is 2.56. The van der Waals surface area contributed by atoms with Gasteiger partial charge >= 0.3 is 0 Å². The Balaban J connectivity index is 2.38. The van der Waals surface area contributed by atoms with Crippen molar-refractivity contribution in [3.05, 3.63) is 46.5 Å². The number of aromatic nitrogens is 2. The molecule has 0 saturated carbocycles.